The second kappa shape index (κ2) is 11.3. The summed E-state index contributed by atoms with van der Waals surface area (Å²) in [5, 5.41) is 4.38. The van der Waals surface area contributed by atoms with Crippen molar-refractivity contribution in [3.8, 4) is 0 Å². The molecule has 0 bridgehead atoms. The van der Waals surface area contributed by atoms with Crippen LogP contribution in [-0.2, 0) is 9.53 Å². The number of ether oxygens (including phenoxy) is 1. The molecule has 1 heterocycles. The molecule has 1 aliphatic heterocycles. The van der Waals surface area contributed by atoms with Crippen molar-refractivity contribution in [3.63, 3.8) is 0 Å². The van der Waals surface area contributed by atoms with Crippen molar-refractivity contribution in [1.29, 1.82) is 0 Å². The Morgan fingerprint density at radius 3 is 2.28 bits per heavy atom. The number of thioether (sulfide) groups is 1. The molecule has 2 aromatic carbocycles. The fraction of sp³-hybridized carbons (Fsp3) is 0.480. The van der Waals surface area contributed by atoms with Crippen LogP contribution in [0.15, 0.2) is 53.4 Å². The Morgan fingerprint density at radius 1 is 1.00 bits per heavy atom. The normalized spacial score (nSPS) is 21.4. The van der Waals surface area contributed by atoms with Gasteiger partial charge in [-0.05, 0) is 80.5 Å². The summed E-state index contributed by atoms with van der Waals surface area (Å²) in [4.78, 5) is 18.1. The van der Waals surface area contributed by atoms with Crippen LogP contribution >= 0.6 is 23.4 Å². The second-order valence-corrected chi connectivity index (χ2v) is 9.82. The van der Waals surface area contributed by atoms with E-state index in [0.717, 1.165) is 62.6 Å². The van der Waals surface area contributed by atoms with Crippen LogP contribution in [0.1, 0.15) is 25.7 Å². The lowest BCUT2D eigenvalue weighted by molar-refractivity contribution is -0.139. The molecule has 1 amide bonds. The molecule has 2 aromatic rings. The third kappa shape index (κ3) is 6.33. The van der Waals surface area contributed by atoms with Crippen LogP contribution in [0.5, 0.6) is 0 Å². The van der Waals surface area contributed by atoms with Crippen LogP contribution in [-0.4, -0.2) is 62.0 Å². The summed E-state index contributed by atoms with van der Waals surface area (Å²) in [6.45, 7) is 3.33. The number of benzene rings is 2. The number of carbonyl (C=O) groups excluding carboxylic acids is 1. The first-order valence-electron chi connectivity index (χ1n) is 11.4. The molecule has 0 spiro atoms. The zero-order chi connectivity index (χ0) is 22.3. The average molecular weight is 474 g/mol. The standard InChI is InChI=1S/C25H32ClN3O2S/c1-32-24-12-6-21(7-13-24)27-20-4-10-23(11-5-20)31-18-25(30)29-16-14-28(15-17-29)22-8-2-19(26)3-9-22/h2-3,6-9,12-13,20,23,27H,4-5,10-11,14-18H2,1H3. The average Bonchev–Trinajstić information content (AvgIpc) is 2.84. The number of rotatable bonds is 7. The molecule has 4 rings (SSSR count). The Kier molecular flexibility index (Phi) is 8.22. The summed E-state index contributed by atoms with van der Waals surface area (Å²) in [7, 11) is 0. The molecule has 1 saturated heterocycles. The number of nitrogens with zero attached hydrogens (tertiary/aromatic N) is 2. The largest absolute Gasteiger partial charge is 0.382 e. The van der Waals surface area contributed by atoms with Gasteiger partial charge in [0.2, 0.25) is 5.91 Å². The van der Waals surface area contributed by atoms with Gasteiger partial charge in [0.05, 0.1) is 6.10 Å². The molecular formula is C25H32ClN3O2S. The lowest BCUT2D eigenvalue weighted by Gasteiger charge is -2.36. The summed E-state index contributed by atoms with van der Waals surface area (Å²) in [6, 6.07) is 17.0. The number of amides is 1. The van der Waals surface area contributed by atoms with Crippen molar-refractivity contribution in [1.82, 2.24) is 4.90 Å². The highest BCUT2D eigenvalue weighted by Gasteiger charge is 2.25. The Hall–Kier alpha value is -1.89. The summed E-state index contributed by atoms with van der Waals surface area (Å²) >= 11 is 7.74. The van der Waals surface area contributed by atoms with Crippen LogP contribution in [0.25, 0.3) is 0 Å². The number of carbonyl (C=O) groups is 1. The van der Waals surface area contributed by atoms with Crippen LogP contribution in [0.2, 0.25) is 5.02 Å². The molecule has 0 atom stereocenters. The molecule has 2 aliphatic rings. The van der Waals surface area contributed by atoms with Gasteiger partial charge in [0.1, 0.15) is 6.61 Å². The number of anilines is 2. The first kappa shape index (κ1) is 23.3. The van der Waals surface area contributed by atoms with Crippen molar-refractivity contribution >= 4 is 40.6 Å². The maximum atomic E-state index is 12.6. The van der Waals surface area contributed by atoms with Crippen molar-refractivity contribution in [2.45, 2.75) is 42.7 Å². The van der Waals surface area contributed by atoms with E-state index in [2.05, 4.69) is 40.7 Å². The van der Waals surface area contributed by atoms with Gasteiger partial charge in [-0.3, -0.25) is 4.79 Å². The zero-order valence-corrected chi connectivity index (χ0v) is 20.2. The van der Waals surface area contributed by atoms with Crippen LogP contribution in [0.3, 0.4) is 0 Å². The topological polar surface area (TPSA) is 44.8 Å². The third-order valence-corrected chi connectivity index (χ3v) is 7.40. The van der Waals surface area contributed by atoms with Gasteiger partial charge in [-0.1, -0.05) is 11.6 Å². The Labute approximate surface area is 200 Å². The minimum absolute atomic E-state index is 0.106. The first-order chi connectivity index (χ1) is 15.6. The van der Waals surface area contributed by atoms with Gasteiger partial charge >= 0.3 is 0 Å². The molecule has 32 heavy (non-hydrogen) atoms. The van der Waals surface area contributed by atoms with Gasteiger partial charge in [0, 0.05) is 53.5 Å². The second-order valence-electron chi connectivity index (χ2n) is 8.50. The van der Waals surface area contributed by atoms with E-state index in [1.165, 1.54) is 10.6 Å². The van der Waals surface area contributed by atoms with Crippen LogP contribution in [0, 0.1) is 0 Å². The van der Waals surface area contributed by atoms with E-state index < -0.39 is 0 Å². The fourth-order valence-electron chi connectivity index (χ4n) is 4.44. The third-order valence-electron chi connectivity index (χ3n) is 6.40. The highest BCUT2D eigenvalue weighted by atomic mass is 35.5. The maximum Gasteiger partial charge on any atom is 0.248 e. The van der Waals surface area contributed by atoms with E-state index in [1.54, 1.807) is 11.8 Å². The zero-order valence-electron chi connectivity index (χ0n) is 18.6. The predicted octanol–water partition coefficient (Wildman–Crippen LogP) is 5.15. The molecule has 7 heteroatoms. The molecule has 172 valence electrons. The summed E-state index contributed by atoms with van der Waals surface area (Å²) in [5.74, 6) is 0.106. The van der Waals surface area contributed by atoms with E-state index in [1.807, 2.05) is 29.2 Å². The van der Waals surface area contributed by atoms with E-state index in [9.17, 15) is 4.79 Å². The molecule has 0 unspecified atom stereocenters. The smallest absolute Gasteiger partial charge is 0.248 e. The molecule has 0 aromatic heterocycles. The van der Waals surface area contributed by atoms with Crippen molar-refractivity contribution in [2.24, 2.45) is 0 Å². The number of hydrogen-bond donors (Lipinski definition) is 1. The highest BCUT2D eigenvalue weighted by molar-refractivity contribution is 7.98. The summed E-state index contributed by atoms with van der Waals surface area (Å²) in [6.07, 6.45) is 6.42. The Balaban J connectivity index is 1.14. The van der Waals surface area contributed by atoms with Gasteiger partial charge in [0.25, 0.3) is 0 Å². The quantitative estimate of drug-likeness (QED) is 0.563. The van der Waals surface area contributed by atoms with E-state index >= 15 is 0 Å². The molecular weight excluding hydrogens is 442 g/mol. The van der Waals surface area contributed by atoms with Gasteiger partial charge in [-0.25, -0.2) is 0 Å². The maximum absolute atomic E-state index is 12.6. The highest BCUT2D eigenvalue weighted by Crippen LogP contribution is 2.26. The minimum atomic E-state index is 0.106. The van der Waals surface area contributed by atoms with Crippen LogP contribution in [0.4, 0.5) is 11.4 Å². The lowest BCUT2D eigenvalue weighted by Crippen LogP contribution is -2.50. The molecule has 5 nitrogen and oxygen atoms in total. The predicted molar refractivity (Wildman–Crippen MR) is 134 cm³/mol. The van der Waals surface area contributed by atoms with Crippen molar-refractivity contribution in [3.05, 3.63) is 53.6 Å². The van der Waals surface area contributed by atoms with Crippen LogP contribution < -0.4 is 10.2 Å². The Morgan fingerprint density at radius 2 is 1.66 bits per heavy atom. The number of piperazine rings is 1. The molecule has 0 radical (unpaired) electrons. The van der Waals surface area contributed by atoms with Gasteiger partial charge in [-0.2, -0.15) is 0 Å². The molecule has 1 aliphatic carbocycles. The number of halogens is 1. The number of nitrogens with one attached hydrogen (secondary N) is 1. The van der Waals surface area contributed by atoms with E-state index in [-0.39, 0.29) is 18.6 Å². The van der Waals surface area contributed by atoms with Gasteiger partial charge in [0.15, 0.2) is 0 Å². The molecule has 2 fully saturated rings. The molecule has 1 N–H and O–H groups in total. The van der Waals surface area contributed by atoms with E-state index in [4.69, 9.17) is 16.3 Å². The van der Waals surface area contributed by atoms with Gasteiger partial charge < -0.3 is 19.9 Å². The first-order valence-corrected chi connectivity index (χ1v) is 13.0. The fourth-order valence-corrected chi connectivity index (χ4v) is 4.98. The van der Waals surface area contributed by atoms with Gasteiger partial charge in [-0.15, -0.1) is 11.8 Å². The lowest BCUT2D eigenvalue weighted by atomic mass is 9.93. The summed E-state index contributed by atoms with van der Waals surface area (Å²) < 4.78 is 6.00. The van der Waals surface area contributed by atoms with Crippen molar-refractivity contribution < 1.29 is 9.53 Å². The SMILES string of the molecule is CSc1ccc(NC2CCC(OCC(=O)N3CCN(c4ccc(Cl)cc4)CC3)CC2)cc1. The van der Waals surface area contributed by atoms with E-state index in [0.29, 0.717) is 6.04 Å². The monoisotopic (exact) mass is 473 g/mol. The summed E-state index contributed by atoms with van der Waals surface area (Å²) in [5.41, 5.74) is 2.34. The minimum Gasteiger partial charge on any atom is -0.382 e. The number of hydrogen-bond acceptors (Lipinski definition) is 5. The molecule has 1 saturated carbocycles. The van der Waals surface area contributed by atoms with Crippen molar-refractivity contribution in [2.75, 3.05) is 49.3 Å². The Bertz CT molecular complexity index is 862.